The Balaban J connectivity index is 1.93. The second-order valence-corrected chi connectivity index (χ2v) is 4.65. The summed E-state index contributed by atoms with van der Waals surface area (Å²) in [6.07, 6.45) is 3.79. The molecule has 1 aliphatic heterocycles. The fourth-order valence-corrected chi connectivity index (χ4v) is 2.61. The van der Waals surface area contributed by atoms with Gasteiger partial charge >= 0.3 is 0 Å². The van der Waals surface area contributed by atoms with Crippen LogP contribution in [0.5, 0.6) is 0 Å². The van der Waals surface area contributed by atoms with E-state index < -0.39 is 0 Å². The summed E-state index contributed by atoms with van der Waals surface area (Å²) in [4.78, 5) is 13.8. The van der Waals surface area contributed by atoms with Crippen molar-refractivity contribution in [2.45, 2.75) is 12.8 Å². The lowest BCUT2D eigenvalue weighted by Gasteiger charge is -2.14. The number of likely N-dealkylation sites (tertiary alicyclic amines) is 1. The van der Waals surface area contributed by atoms with E-state index in [1.54, 1.807) is 18.4 Å². The first-order valence-corrected chi connectivity index (χ1v) is 6.32. The number of rotatable bonds is 3. The highest BCUT2D eigenvalue weighted by atomic mass is 79.9. The molecule has 1 saturated heterocycles. The van der Waals surface area contributed by atoms with E-state index in [0.717, 1.165) is 31.3 Å². The number of furan rings is 1. The molecule has 1 fully saturated rings. The zero-order valence-corrected chi connectivity index (χ0v) is 10.1. The zero-order chi connectivity index (χ0) is 10.7. The molecule has 0 saturated carbocycles. The lowest BCUT2D eigenvalue weighted by molar-refractivity contribution is 0.0755. The number of amides is 1. The first-order valence-electron chi connectivity index (χ1n) is 5.20. The standard InChI is InChI=1S/C11H14BrNO2/c12-5-3-9-4-6-13(8-9)11(14)10-2-1-7-15-10/h1-2,7,9H,3-6,8H2. The van der Waals surface area contributed by atoms with Gasteiger partial charge in [0.05, 0.1) is 6.26 Å². The van der Waals surface area contributed by atoms with Crippen molar-refractivity contribution in [3.05, 3.63) is 24.2 Å². The third kappa shape index (κ3) is 2.43. The van der Waals surface area contributed by atoms with Crippen LogP contribution in [-0.2, 0) is 0 Å². The van der Waals surface area contributed by atoms with Crippen LogP contribution < -0.4 is 0 Å². The van der Waals surface area contributed by atoms with Crippen LogP contribution in [0.25, 0.3) is 0 Å². The molecular weight excluding hydrogens is 258 g/mol. The van der Waals surface area contributed by atoms with Crippen molar-refractivity contribution >= 4 is 21.8 Å². The summed E-state index contributed by atoms with van der Waals surface area (Å²) in [5.74, 6) is 1.12. The molecule has 82 valence electrons. The minimum atomic E-state index is 0.0251. The van der Waals surface area contributed by atoms with Crippen molar-refractivity contribution < 1.29 is 9.21 Å². The predicted octanol–water partition coefficient (Wildman–Crippen LogP) is 2.53. The molecule has 0 radical (unpaired) electrons. The molecule has 3 nitrogen and oxygen atoms in total. The van der Waals surface area contributed by atoms with Crippen LogP contribution >= 0.6 is 15.9 Å². The SMILES string of the molecule is O=C(c1ccco1)N1CCC(CCBr)C1. The lowest BCUT2D eigenvalue weighted by atomic mass is 10.1. The van der Waals surface area contributed by atoms with Gasteiger partial charge < -0.3 is 9.32 Å². The second kappa shape index (κ2) is 4.84. The van der Waals surface area contributed by atoms with Crippen LogP contribution in [-0.4, -0.2) is 29.2 Å². The van der Waals surface area contributed by atoms with Gasteiger partial charge in [0.2, 0.25) is 0 Å². The molecule has 1 aliphatic rings. The Labute approximate surface area is 97.6 Å². The van der Waals surface area contributed by atoms with Gasteiger partial charge in [0.1, 0.15) is 0 Å². The van der Waals surface area contributed by atoms with Crippen LogP contribution in [0.2, 0.25) is 0 Å². The fraction of sp³-hybridized carbons (Fsp3) is 0.545. The predicted molar refractivity (Wildman–Crippen MR) is 61.1 cm³/mol. The van der Waals surface area contributed by atoms with E-state index in [1.807, 2.05) is 4.90 Å². The highest BCUT2D eigenvalue weighted by Crippen LogP contribution is 2.22. The molecular formula is C11H14BrNO2. The quantitative estimate of drug-likeness (QED) is 0.792. The Hall–Kier alpha value is -0.770. The molecule has 0 N–H and O–H groups in total. The Morgan fingerprint density at radius 1 is 1.67 bits per heavy atom. The van der Waals surface area contributed by atoms with Gasteiger partial charge in [-0.3, -0.25) is 4.79 Å². The van der Waals surface area contributed by atoms with Gasteiger partial charge in [-0.1, -0.05) is 15.9 Å². The normalized spacial score (nSPS) is 20.9. The van der Waals surface area contributed by atoms with Gasteiger partial charge in [0.25, 0.3) is 5.91 Å². The number of alkyl halides is 1. The van der Waals surface area contributed by atoms with E-state index >= 15 is 0 Å². The number of carbonyl (C=O) groups is 1. The molecule has 0 aromatic carbocycles. The lowest BCUT2D eigenvalue weighted by Crippen LogP contribution is -2.28. The highest BCUT2D eigenvalue weighted by Gasteiger charge is 2.27. The zero-order valence-electron chi connectivity index (χ0n) is 8.49. The number of halogens is 1. The largest absolute Gasteiger partial charge is 0.459 e. The summed E-state index contributed by atoms with van der Waals surface area (Å²) in [6, 6.07) is 3.47. The van der Waals surface area contributed by atoms with Crippen molar-refractivity contribution in [2.75, 3.05) is 18.4 Å². The van der Waals surface area contributed by atoms with Crippen molar-refractivity contribution in [2.24, 2.45) is 5.92 Å². The Bertz CT molecular complexity index is 323. The molecule has 0 bridgehead atoms. The molecule has 1 aromatic heterocycles. The molecule has 15 heavy (non-hydrogen) atoms. The average molecular weight is 272 g/mol. The number of carbonyl (C=O) groups excluding carboxylic acids is 1. The van der Waals surface area contributed by atoms with Crippen LogP contribution in [0, 0.1) is 5.92 Å². The van der Waals surface area contributed by atoms with E-state index in [-0.39, 0.29) is 5.91 Å². The molecule has 1 unspecified atom stereocenters. The van der Waals surface area contributed by atoms with Crippen LogP contribution in [0.4, 0.5) is 0 Å². The Kier molecular flexibility index (Phi) is 3.46. The third-order valence-electron chi connectivity index (χ3n) is 2.82. The molecule has 0 aliphatic carbocycles. The summed E-state index contributed by atoms with van der Waals surface area (Å²) in [5.41, 5.74) is 0. The Morgan fingerprint density at radius 2 is 2.53 bits per heavy atom. The first-order chi connectivity index (χ1) is 7.31. The van der Waals surface area contributed by atoms with E-state index in [4.69, 9.17) is 4.42 Å². The second-order valence-electron chi connectivity index (χ2n) is 3.86. The molecule has 1 amide bonds. The smallest absolute Gasteiger partial charge is 0.289 e. The molecule has 0 spiro atoms. The summed E-state index contributed by atoms with van der Waals surface area (Å²) in [7, 11) is 0. The van der Waals surface area contributed by atoms with E-state index in [9.17, 15) is 4.79 Å². The molecule has 1 aromatic rings. The van der Waals surface area contributed by atoms with Crippen molar-refractivity contribution in [1.82, 2.24) is 4.90 Å². The van der Waals surface area contributed by atoms with Gasteiger partial charge in [-0.15, -0.1) is 0 Å². The topological polar surface area (TPSA) is 33.5 Å². The minimum absolute atomic E-state index is 0.0251. The molecule has 2 heterocycles. The number of hydrogen-bond acceptors (Lipinski definition) is 2. The average Bonchev–Trinajstić information content (AvgIpc) is 2.87. The number of nitrogens with zero attached hydrogens (tertiary/aromatic N) is 1. The molecule has 4 heteroatoms. The van der Waals surface area contributed by atoms with Gasteiger partial charge in [0.15, 0.2) is 5.76 Å². The van der Waals surface area contributed by atoms with E-state index in [0.29, 0.717) is 11.7 Å². The van der Waals surface area contributed by atoms with E-state index in [1.165, 1.54) is 0 Å². The third-order valence-corrected chi connectivity index (χ3v) is 3.28. The Morgan fingerprint density at radius 3 is 3.20 bits per heavy atom. The maximum absolute atomic E-state index is 11.9. The van der Waals surface area contributed by atoms with Crippen molar-refractivity contribution in [1.29, 1.82) is 0 Å². The van der Waals surface area contributed by atoms with Crippen LogP contribution in [0.15, 0.2) is 22.8 Å². The van der Waals surface area contributed by atoms with Gasteiger partial charge in [-0.2, -0.15) is 0 Å². The number of hydrogen-bond donors (Lipinski definition) is 0. The summed E-state index contributed by atoms with van der Waals surface area (Å²) >= 11 is 3.43. The fourth-order valence-electron chi connectivity index (χ4n) is 1.96. The van der Waals surface area contributed by atoms with Gasteiger partial charge in [-0.25, -0.2) is 0 Å². The monoisotopic (exact) mass is 271 g/mol. The van der Waals surface area contributed by atoms with Crippen molar-refractivity contribution in [3.8, 4) is 0 Å². The maximum atomic E-state index is 11.9. The summed E-state index contributed by atoms with van der Waals surface area (Å²) in [5, 5.41) is 1.01. The summed E-state index contributed by atoms with van der Waals surface area (Å²) in [6.45, 7) is 1.72. The van der Waals surface area contributed by atoms with Crippen LogP contribution in [0.3, 0.4) is 0 Å². The minimum Gasteiger partial charge on any atom is -0.459 e. The summed E-state index contributed by atoms with van der Waals surface area (Å²) < 4.78 is 5.10. The first kappa shape index (κ1) is 10.7. The molecule has 1 atom stereocenters. The maximum Gasteiger partial charge on any atom is 0.289 e. The van der Waals surface area contributed by atoms with Crippen LogP contribution in [0.1, 0.15) is 23.4 Å². The van der Waals surface area contributed by atoms with E-state index in [2.05, 4.69) is 15.9 Å². The molecule has 2 rings (SSSR count). The van der Waals surface area contributed by atoms with Gasteiger partial charge in [-0.05, 0) is 30.9 Å². The van der Waals surface area contributed by atoms with Gasteiger partial charge in [0, 0.05) is 18.4 Å². The van der Waals surface area contributed by atoms with Crippen molar-refractivity contribution in [3.63, 3.8) is 0 Å². The highest BCUT2D eigenvalue weighted by molar-refractivity contribution is 9.09.